The van der Waals surface area contributed by atoms with Crippen molar-refractivity contribution >= 4 is 17.4 Å². The maximum atomic E-state index is 11.5. The summed E-state index contributed by atoms with van der Waals surface area (Å²) in [5, 5.41) is 2.91. The van der Waals surface area contributed by atoms with Crippen molar-refractivity contribution in [2.45, 2.75) is 45.1 Å². The van der Waals surface area contributed by atoms with Crippen LogP contribution in [-0.4, -0.2) is 48.0 Å². The van der Waals surface area contributed by atoms with Crippen LogP contribution in [-0.2, 0) is 4.79 Å². The third-order valence-corrected chi connectivity index (χ3v) is 4.83. The fourth-order valence-corrected chi connectivity index (χ4v) is 3.50. The first-order chi connectivity index (χ1) is 10.8. The number of anilines is 2. The highest BCUT2D eigenvalue weighted by Gasteiger charge is 2.26. The summed E-state index contributed by atoms with van der Waals surface area (Å²) in [7, 11) is 0. The van der Waals surface area contributed by atoms with Gasteiger partial charge in [-0.2, -0.15) is 0 Å². The van der Waals surface area contributed by atoms with Crippen LogP contribution < -0.4 is 10.2 Å². The predicted octanol–water partition coefficient (Wildman–Crippen LogP) is 2.49. The van der Waals surface area contributed by atoms with E-state index in [1.54, 1.807) is 6.20 Å². The summed E-state index contributed by atoms with van der Waals surface area (Å²) >= 11 is 0. The van der Waals surface area contributed by atoms with E-state index < -0.39 is 0 Å². The number of rotatable bonds is 4. The summed E-state index contributed by atoms with van der Waals surface area (Å²) in [4.78, 5) is 21.0. The fourth-order valence-electron chi connectivity index (χ4n) is 3.50. The van der Waals surface area contributed by atoms with Crippen molar-refractivity contribution in [1.29, 1.82) is 0 Å². The van der Waals surface area contributed by atoms with E-state index in [0.717, 1.165) is 43.7 Å². The highest BCUT2D eigenvalue weighted by Crippen LogP contribution is 2.25. The van der Waals surface area contributed by atoms with E-state index in [1.807, 2.05) is 19.1 Å². The minimum atomic E-state index is 0.0446. The molecule has 1 aliphatic carbocycles. The second kappa shape index (κ2) is 7.09. The lowest BCUT2D eigenvalue weighted by atomic mass is 10.2. The Balaban J connectivity index is 1.58. The number of piperazine rings is 1. The summed E-state index contributed by atoms with van der Waals surface area (Å²) in [5.41, 5.74) is 0.843. The van der Waals surface area contributed by atoms with Crippen LogP contribution in [0.5, 0.6) is 0 Å². The van der Waals surface area contributed by atoms with Gasteiger partial charge in [0, 0.05) is 56.6 Å². The second-order valence-corrected chi connectivity index (χ2v) is 6.27. The van der Waals surface area contributed by atoms with Gasteiger partial charge in [-0.05, 0) is 18.9 Å². The molecule has 0 aromatic carbocycles. The minimum Gasteiger partial charge on any atom is -0.354 e. The first-order valence-electron chi connectivity index (χ1n) is 8.51. The van der Waals surface area contributed by atoms with Crippen LogP contribution in [0.3, 0.4) is 0 Å². The molecule has 1 aromatic rings. The Kier molecular flexibility index (Phi) is 4.93. The van der Waals surface area contributed by atoms with Crippen molar-refractivity contribution in [3.63, 3.8) is 0 Å². The van der Waals surface area contributed by atoms with Gasteiger partial charge in [0.1, 0.15) is 5.82 Å². The van der Waals surface area contributed by atoms with Gasteiger partial charge in [-0.25, -0.2) is 4.98 Å². The van der Waals surface area contributed by atoms with Gasteiger partial charge < -0.3 is 10.2 Å². The van der Waals surface area contributed by atoms with Gasteiger partial charge in [-0.15, -0.1) is 0 Å². The van der Waals surface area contributed by atoms with E-state index in [2.05, 4.69) is 20.1 Å². The quantitative estimate of drug-likeness (QED) is 0.928. The van der Waals surface area contributed by atoms with Crippen LogP contribution in [0.15, 0.2) is 18.3 Å². The molecule has 2 fully saturated rings. The number of hydrogen-bond donors (Lipinski definition) is 1. The van der Waals surface area contributed by atoms with Crippen molar-refractivity contribution in [3.05, 3.63) is 18.3 Å². The number of pyridine rings is 1. The molecule has 5 nitrogen and oxygen atoms in total. The van der Waals surface area contributed by atoms with Crippen molar-refractivity contribution < 1.29 is 4.79 Å². The van der Waals surface area contributed by atoms with Gasteiger partial charge in [0.2, 0.25) is 5.91 Å². The Morgan fingerprint density at radius 3 is 2.68 bits per heavy atom. The van der Waals surface area contributed by atoms with Crippen LogP contribution in [0.1, 0.15) is 39.0 Å². The molecule has 2 aliphatic rings. The summed E-state index contributed by atoms with van der Waals surface area (Å²) < 4.78 is 0. The van der Waals surface area contributed by atoms with Crippen molar-refractivity contribution in [2.75, 3.05) is 36.4 Å². The molecule has 2 heterocycles. The zero-order chi connectivity index (χ0) is 15.4. The highest BCUT2D eigenvalue weighted by atomic mass is 16.1. The average molecular weight is 302 g/mol. The summed E-state index contributed by atoms with van der Waals surface area (Å²) in [5.74, 6) is 1.02. The molecule has 3 rings (SSSR count). The van der Waals surface area contributed by atoms with E-state index in [9.17, 15) is 4.79 Å². The molecule has 0 unspecified atom stereocenters. The average Bonchev–Trinajstić information content (AvgIpc) is 3.09. The van der Waals surface area contributed by atoms with Crippen molar-refractivity contribution in [2.24, 2.45) is 0 Å². The zero-order valence-corrected chi connectivity index (χ0v) is 13.4. The highest BCUT2D eigenvalue weighted by molar-refractivity contribution is 5.90. The van der Waals surface area contributed by atoms with E-state index in [1.165, 1.54) is 25.7 Å². The zero-order valence-electron chi connectivity index (χ0n) is 13.4. The summed E-state index contributed by atoms with van der Waals surface area (Å²) in [6, 6.07) is 4.65. The molecule has 1 amide bonds. The molecule has 0 radical (unpaired) electrons. The number of carbonyl (C=O) groups excluding carboxylic acids is 1. The first kappa shape index (κ1) is 15.3. The molecule has 22 heavy (non-hydrogen) atoms. The lowest BCUT2D eigenvalue weighted by Gasteiger charge is -2.38. The van der Waals surface area contributed by atoms with Gasteiger partial charge in [-0.3, -0.25) is 9.69 Å². The van der Waals surface area contributed by atoms with Gasteiger partial charge in [0.25, 0.3) is 0 Å². The van der Waals surface area contributed by atoms with Gasteiger partial charge in [0.05, 0.1) is 0 Å². The van der Waals surface area contributed by atoms with Gasteiger partial charge in [-0.1, -0.05) is 19.8 Å². The van der Waals surface area contributed by atoms with Crippen molar-refractivity contribution in [1.82, 2.24) is 9.88 Å². The lowest BCUT2D eigenvalue weighted by Crippen LogP contribution is -2.50. The van der Waals surface area contributed by atoms with E-state index in [4.69, 9.17) is 0 Å². The van der Waals surface area contributed by atoms with Gasteiger partial charge in [0.15, 0.2) is 0 Å². The number of nitrogens with one attached hydrogen (secondary N) is 1. The summed E-state index contributed by atoms with van der Waals surface area (Å²) in [6.45, 7) is 6.15. The smallest absolute Gasteiger partial charge is 0.224 e. The number of hydrogen-bond acceptors (Lipinski definition) is 4. The van der Waals surface area contributed by atoms with E-state index in [-0.39, 0.29) is 5.91 Å². The lowest BCUT2D eigenvalue weighted by molar-refractivity contribution is -0.115. The minimum absolute atomic E-state index is 0.0446. The maximum absolute atomic E-state index is 11.5. The molecule has 120 valence electrons. The van der Waals surface area contributed by atoms with Crippen LogP contribution in [0, 0.1) is 0 Å². The third-order valence-electron chi connectivity index (χ3n) is 4.83. The SMILES string of the molecule is CCC(=O)Nc1ccnc(N2CCN(C3CCCC3)CC2)c1. The van der Waals surface area contributed by atoms with E-state index >= 15 is 0 Å². The number of aromatic nitrogens is 1. The van der Waals surface area contributed by atoms with Gasteiger partial charge >= 0.3 is 0 Å². The molecule has 1 aromatic heterocycles. The summed E-state index contributed by atoms with van der Waals surface area (Å²) in [6.07, 6.45) is 7.81. The largest absolute Gasteiger partial charge is 0.354 e. The number of amides is 1. The topological polar surface area (TPSA) is 48.5 Å². The van der Waals surface area contributed by atoms with Crippen LogP contribution in [0.2, 0.25) is 0 Å². The normalized spacial score (nSPS) is 20.3. The van der Waals surface area contributed by atoms with E-state index in [0.29, 0.717) is 6.42 Å². The Hall–Kier alpha value is -1.62. The van der Waals surface area contributed by atoms with Crippen LogP contribution >= 0.6 is 0 Å². The number of carbonyl (C=O) groups is 1. The van der Waals surface area contributed by atoms with Crippen molar-refractivity contribution in [3.8, 4) is 0 Å². The molecular weight excluding hydrogens is 276 g/mol. The fraction of sp³-hybridized carbons (Fsp3) is 0.647. The molecular formula is C17H26N4O. The predicted molar refractivity (Wildman–Crippen MR) is 89.2 cm³/mol. The second-order valence-electron chi connectivity index (χ2n) is 6.27. The standard InChI is InChI=1S/C17H26N4O/c1-2-17(22)19-14-7-8-18-16(13-14)21-11-9-20(10-12-21)15-5-3-4-6-15/h7-8,13,15H,2-6,9-12H2,1H3,(H,18,19,22). The molecule has 1 saturated carbocycles. The Morgan fingerprint density at radius 2 is 2.00 bits per heavy atom. The van der Waals surface area contributed by atoms with Crippen LogP contribution in [0.4, 0.5) is 11.5 Å². The maximum Gasteiger partial charge on any atom is 0.224 e. The molecule has 0 spiro atoms. The molecule has 1 N–H and O–H groups in total. The Labute approximate surface area is 132 Å². The number of nitrogens with zero attached hydrogens (tertiary/aromatic N) is 3. The monoisotopic (exact) mass is 302 g/mol. The Morgan fingerprint density at radius 1 is 1.27 bits per heavy atom. The molecule has 0 bridgehead atoms. The molecule has 1 saturated heterocycles. The Bertz CT molecular complexity index is 505. The molecule has 0 atom stereocenters. The molecule has 5 heteroatoms. The van der Waals surface area contributed by atoms with Crippen LogP contribution in [0.25, 0.3) is 0 Å². The molecule has 1 aliphatic heterocycles. The first-order valence-corrected chi connectivity index (χ1v) is 8.51. The third kappa shape index (κ3) is 3.58.